The maximum Gasteiger partial charge on any atom is 0.351 e. The minimum absolute atomic E-state index is 0.0537. The van der Waals surface area contributed by atoms with Gasteiger partial charge in [-0.3, -0.25) is 4.57 Å². The normalized spacial score (nSPS) is 32.9. The molecule has 1 saturated heterocycles. The number of hydrogen-bond donors (Lipinski definition) is 4. The van der Waals surface area contributed by atoms with Gasteiger partial charge in [0, 0.05) is 6.20 Å². The second kappa shape index (κ2) is 4.41. The fourth-order valence-corrected chi connectivity index (χ4v) is 1.73. The quantitative estimate of drug-likeness (QED) is 0.449. The molecule has 4 atom stereocenters. The Morgan fingerprint density at radius 2 is 2.18 bits per heavy atom. The van der Waals surface area contributed by atoms with Crippen LogP contribution in [0.5, 0.6) is 0 Å². The Hall–Kier alpha value is -1.48. The Bertz CT molecular complexity index is 462. The van der Waals surface area contributed by atoms with Crippen molar-refractivity contribution in [1.29, 1.82) is 0 Å². The Morgan fingerprint density at radius 3 is 2.71 bits per heavy atom. The second-order valence-corrected chi connectivity index (χ2v) is 3.77. The lowest BCUT2D eigenvalue weighted by Gasteiger charge is -2.16. The van der Waals surface area contributed by atoms with Gasteiger partial charge in [0.05, 0.1) is 6.61 Å². The van der Waals surface area contributed by atoms with E-state index < -0.39 is 36.8 Å². The zero-order valence-corrected chi connectivity index (χ0v) is 8.80. The van der Waals surface area contributed by atoms with Crippen molar-refractivity contribution in [3.8, 4) is 0 Å². The van der Waals surface area contributed by atoms with Gasteiger partial charge in [0.25, 0.3) is 0 Å². The Morgan fingerprint density at radius 1 is 1.47 bits per heavy atom. The first kappa shape index (κ1) is 12.0. The first-order chi connectivity index (χ1) is 8.04. The molecule has 0 spiro atoms. The molecule has 94 valence electrons. The molecule has 0 aromatic carbocycles. The molecule has 1 aliphatic heterocycles. The van der Waals surface area contributed by atoms with Gasteiger partial charge in [-0.05, 0) is 6.07 Å². The summed E-state index contributed by atoms with van der Waals surface area (Å²) in [4.78, 5) is 15.0. The minimum atomic E-state index is -1.31. The molecular formula is C9H13N3O5. The van der Waals surface area contributed by atoms with Crippen LogP contribution in [0.4, 0.5) is 5.82 Å². The van der Waals surface area contributed by atoms with Crippen molar-refractivity contribution < 1.29 is 20.1 Å². The number of anilines is 1. The van der Waals surface area contributed by atoms with E-state index in [0.29, 0.717) is 0 Å². The molecule has 2 unspecified atom stereocenters. The van der Waals surface area contributed by atoms with Gasteiger partial charge >= 0.3 is 5.69 Å². The Labute approximate surface area is 95.9 Å². The third-order valence-electron chi connectivity index (χ3n) is 2.64. The summed E-state index contributed by atoms with van der Waals surface area (Å²) in [5.41, 5.74) is 4.63. The van der Waals surface area contributed by atoms with Crippen LogP contribution >= 0.6 is 0 Å². The standard InChI is InChI=1S/C9H13N3O5/c10-5-1-2-12(9(16)11-5)8-7(15)6(14)4(3-13)17-8/h1-2,4,6-8,13-15H,3H2,(H2,10,11,16)/t4-,6?,7?,8-/m0/s1. The molecule has 8 nitrogen and oxygen atoms in total. The lowest BCUT2D eigenvalue weighted by molar-refractivity contribution is -0.0549. The molecule has 17 heavy (non-hydrogen) atoms. The monoisotopic (exact) mass is 243 g/mol. The van der Waals surface area contributed by atoms with Crippen molar-refractivity contribution in [3.63, 3.8) is 0 Å². The van der Waals surface area contributed by atoms with Gasteiger partial charge in [-0.2, -0.15) is 4.98 Å². The van der Waals surface area contributed by atoms with E-state index in [1.165, 1.54) is 12.3 Å². The molecule has 0 aliphatic carbocycles. The van der Waals surface area contributed by atoms with Crippen LogP contribution in [-0.2, 0) is 4.74 Å². The van der Waals surface area contributed by atoms with Crippen LogP contribution in [0.15, 0.2) is 17.1 Å². The van der Waals surface area contributed by atoms with Gasteiger partial charge in [0.15, 0.2) is 6.23 Å². The highest BCUT2D eigenvalue weighted by atomic mass is 16.6. The van der Waals surface area contributed by atoms with E-state index >= 15 is 0 Å². The van der Waals surface area contributed by atoms with E-state index in [0.717, 1.165) is 4.57 Å². The minimum Gasteiger partial charge on any atom is -0.394 e. The molecule has 1 aromatic rings. The van der Waals surface area contributed by atoms with E-state index in [1.807, 2.05) is 0 Å². The van der Waals surface area contributed by atoms with Crippen LogP contribution in [0.2, 0.25) is 0 Å². The van der Waals surface area contributed by atoms with E-state index in [1.54, 1.807) is 0 Å². The fourth-order valence-electron chi connectivity index (χ4n) is 1.73. The highest BCUT2D eigenvalue weighted by molar-refractivity contribution is 5.23. The van der Waals surface area contributed by atoms with E-state index in [2.05, 4.69) is 4.98 Å². The highest BCUT2D eigenvalue weighted by Crippen LogP contribution is 2.27. The van der Waals surface area contributed by atoms with Crippen molar-refractivity contribution in [2.75, 3.05) is 12.3 Å². The van der Waals surface area contributed by atoms with Crippen molar-refractivity contribution in [3.05, 3.63) is 22.7 Å². The van der Waals surface area contributed by atoms with Crippen molar-refractivity contribution in [2.45, 2.75) is 24.5 Å². The first-order valence-corrected chi connectivity index (χ1v) is 5.01. The maximum absolute atomic E-state index is 11.5. The number of aromatic nitrogens is 2. The number of aliphatic hydroxyl groups is 3. The van der Waals surface area contributed by atoms with Gasteiger partial charge in [0.1, 0.15) is 24.1 Å². The molecule has 2 heterocycles. The summed E-state index contributed by atoms with van der Waals surface area (Å²) >= 11 is 0. The maximum atomic E-state index is 11.5. The smallest absolute Gasteiger partial charge is 0.351 e. The third-order valence-corrected chi connectivity index (χ3v) is 2.64. The van der Waals surface area contributed by atoms with Crippen LogP contribution in [0.1, 0.15) is 6.23 Å². The van der Waals surface area contributed by atoms with Gasteiger partial charge < -0.3 is 25.8 Å². The number of rotatable bonds is 2. The van der Waals surface area contributed by atoms with Crippen LogP contribution < -0.4 is 11.4 Å². The van der Waals surface area contributed by atoms with Crippen molar-refractivity contribution in [2.24, 2.45) is 0 Å². The molecule has 0 bridgehead atoms. The molecule has 1 aromatic heterocycles. The zero-order valence-electron chi connectivity index (χ0n) is 8.80. The molecule has 5 N–H and O–H groups in total. The predicted octanol–water partition coefficient (Wildman–Crippen LogP) is -2.56. The number of nitrogens with zero attached hydrogens (tertiary/aromatic N) is 2. The SMILES string of the molecule is Nc1ccn([C@H]2O[C@@H](CO)C(O)C2O)c(=O)n1. The second-order valence-electron chi connectivity index (χ2n) is 3.77. The summed E-state index contributed by atoms with van der Waals surface area (Å²) in [6.45, 7) is -0.453. The Kier molecular flexibility index (Phi) is 3.11. The predicted molar refractivity (Wildman–Crippen MR) is 55.9 cm³/mol. The number of nitrogens with two attached hydrogens (primary N) is 1. The Balaban J connectivity index is 2.32. The molecule has 0 amide bonds. The highest BCUT2D eigenvalue weighted by Gasteiger charge is 2.43. The summed E-state index contributed by atoms with van der Waals surface area (Å²) in [7, 11) is 0. The zero-order chi connectivity index (χ0) is 12.6. The lowest BCUT2D eigenvalue weighted by Crippen LogP contribution is -2.36. The van der Waals surface area contributed by atoms with Gasteiger partial charge in [-0.25, -0.2) is 4.79 Å². The van der Waals surface area contributed by atoms with Crippen LogP contribution in [-0.4, -0.2) is 49.8 Å². The van der Waals surface area contributed by atoms with Gasteiger partial charge in [-0.15, -0.1) is 0 Å². The molecule has 1 fully saturated rings. The lowest BCUT2D eigenvalue weighted by atomic mass is 10.1. The van der Waals surface area contributed by atoms with Crippen LogP contribution in [0, 0.1) is 0 Å². The molecular weight excluding hydrogens is 230 g/mol. The van der Waals surface area contributed by atoms with Crippen LogP contribution in [0.25, 0.3) is 0 Å². The average Bonchev–Trinajstić information content (AvgIpc) is 2.57. The summed E-state index contributed by atoms with van der Waals surface area (Å²) < 4.78 is 6.19. The molecule has 1 aliphatic rings. The number of aliphatic hydroxyl groups excluding tert-OH is 3. The van der Waals surface area contributed by atoms with Crippen molar-refractivity contribution in [1.82, 2.24) is 9.55 Å². The van der Waals surface area contributed by atoms with E-state index in [4.69, 9.17) is 15.6 Å². The molecule has 2 rings (SSSR count). The molecule has 0 radical (unpaired) electrons. The third kappa shape index (κ3) is 2.03. The average molecular weight is 243 g/mol. The summed E-state index contributed by atoms with van der Waals surface area (Å²) in [5.74, 6) is 0.0537. The van der Waals surface area contributed by atoms with E-state index in [9.17, 15) is 15.0 Å². The topological polar surface area (TPSA) is 131 Å². The molecule has 0 saturated carbocycles. The van der Waals surface area contributed by atoms with Crippen LogP contribution in [0.3, 0.4) is 0 Å². The first-order valence-electron chi connectivity index (χ1n) is 5.01. The fraction of sp³-hybridized carbons (Fsp3) is 0.556. The summed E-state index contributed by atoms with van der Waals surface area (Å²) in [5, 5.41) is 28.2. The van der Waals surface area contributed by atoms with Crippen molar-refractivity contribution >= 4 is 5.82 Å². The van der Waals surface area contributed by atoms with E-state index in [-0.39, 0.29) is 5.82 Å². The number of nitrogen functional groups attached to an aromatic ring is 1. The van der Waals surface area contributed by atoms with Gasteiger partial charge in [-0.1, -0.05) is 0 Å². The number of hydrogen-bond acceptors (Lipinski definition) is 7. The van der Waals surface area contributed by atoms with Gasteiger partial charge in [0.2, 0.25) is 0 Å². The largest absolute Gasteiger partial charge is 0.394 e. The number of ether oxygens (including phenoxy) is 1. The summed E-state index contributed by atoms with van der Waals surface area (Å²) in [6.07, 6.45) is -3.27. The molecule has 8 heteroatoms. The summed E-state index contributed by atoms with van der Waals surface area (Å²) in [6, 6.07) is 1.37.